The number of nitro groups is 1. The molecule has 1 aromatic carbocycles. The van der Waals surface area contributed by atoms with E-state index in [1.807, 2.05) is 6.07 Å². The summed E-state index contributed by atoms with van der Waals surface area (Å²) in [5, 5.41) is 23.3. The molecule has 0 aliphatic carbocycles. The second-order valence-corrected chi connectivity index (χ2v) is 6.81. The van der Waals surface area contributed by atoms with Gasteiger partial charge in [-0.2, -0.15) is 5.26 Å². The minimum atomic E-state index is -0.482. The van der Waals surface area contributed by atoms with Crippen LogP contribution in [-0.4, -0.2) is 35.5 Å². The molecule has 0 spiro atoms. The number of anilines is 1. The number of nitrogens with one attached hydrogen (secondary N) is 1. The van der Waals surface area contributed by atoms with Crippen LogP contribution in [0.1, 0.15) is 32.8 Å². The first kappa shape index (κ1) is 17.2. The topological polar surface area (TPSA) is 82.2 Å². The molecule has 1 N–H and O–H groups in total. The van der Waals surface area contributed by atoms with Gasteiger partial charge in [-0.1, -0.05) is 13.8 Å². The molecule has 6 heteroatoms. The number of benzene rings is 1. The number of nitrogens with zero attached hydrogens (tertiary/aromatic N) is 3. The van der Waals surface area contributed by atoms with Crippen molar-refractivity contribution in [2.24, 2.45) is 11.8 Å². The molecule has 3 unspecified atom stereocenters. The number of piperidine rings is 1. The quantitative estimate of drug-likeness (QED) is 0.666. The summed E-state index contributed by atoms with van der Waals surface area (Å²) in [5.41, 5.74) is 0.911. The van der Waals surface area contributed by atoms with E-state index in [0.29, 0.717) is 23.1 Å². The molecule has 23 heavy (non-hydrogen) atoms. The lowest BCUT2D eigenvalue weighted by atomic mass is 9.91. The fourth-order valence-corrected chi connectivity index (χ4v) is 3.50. The van der Waals surface area contributed by atoms with Crippen molar-refractivity contribution < 1.29 is 4.92 Å². The normalized spacial score (nSPS) is 23.0. The highest BCUT2D eigenvalue weighted by Crippen LogP contribution is 2.24. The molecule has 1 aromatic rings. The monoisotopic (exact) mass is 316 g/mol. The molecule has 0 aromatic heterocycles. The van der Waals surface area contributed by atoms with Crippen LogP contribution in [0.25, 0.3) is 0 Å². The van der Waals surface area contributed by atoms with Gasteiger partial charge in [-0.25, -0.2) is 0 Å². The Labute approximate surface area is 137 Å². The van der Waals surface area contributed by atoms with Crippen LogP contribution >= 0.6 is 0 Å². The largest absolute Gasteiger partial charge is 0.380 e. The van der Waals surface area contributed by atoms with E-state index < -0.39 is 4.92 Å². The van der Waals surface area contributed by atoms with Crippen LogP contribution in [0.15, 0.2) is 18.2 Å². The smallest absolute Gasteiger partial charge is 0.270 e. The summed E-state index contributed by atoms with van der Waals surface area (Å²) in [6.07, 6.45) is 1.28. The molecule has 0 radical (unpaired) electrons. The van der Waals surface area contributed by atoms with Crippen LogP contribution in [0.3, 0.4) is 0 Å². The van der Waals surface area contributed by atoms with Gasteiger partial charge in [0.25, 0.3) is 5.69 Å². The zero-order valence-corrected chi connectivity index (χ0v) is 14.0. The summed E-state index contributed by atoms with van der Waals surface area (Å²) in [5.74, 6) is 1.42. The van der Waals surface area contributed by atoms with Crippen LogP contribution in [0.5, 0.6) is 0 Å². The molecule has 1 fully saturated rings. The minimum absolute atomic E-state index is 0.0570. The number of hydrogen-bond donors (Lipinski definition) is 1. The van der Waals surface area contributed by atoms with Gasteiger partial charge in [0.15, 0.2) is 0 Å². The first-order valence-electron chi connectivity index (χ1n) is 8.06. The van der Waals surface area contributed by atoms with Gasteiger partial charge in [0.2, 0.25) is 0 Å². The van der Waals surface area contributed by atoms with Gasteiger partial charge in [0.1, 0.15) is 6.07 Å². The van der Waals surface area contributed by atoms with E-state index in [1.165, 1.54) is 18.6 Å². The van der Waals surface area contributed by atoms with E-state index in [4.69, 9.17) is 0 Å². The second kappa shape index (κ2) is 7.42. The van der Waals surface area contributed by atoms with Crippen molar-refractivity contribution in [3.05, 3.63) is 33.9 Å². The molecule has 0 bridgehead atoms. The molecule has 1 heterocycles. The van der Waals surface area contributed by atoms with Gasteiger partial charge >= 0.3 is 0 Å². The highest BCUT2D eigenvalue weighted by atomic mass is 16.6. The van der Waals surface area contributed by atoms with Gasteiger partial charge < -0.3 is 10.2 Å². The molecule has 6 nitrogen and oxygen atoms in total. The average molecular weight is 316 g/mol. The number of hydrogen-bond acceptors (Lipinski definition) is 5. The molecule has 1 aliphatic rings. The summed E-state index contributed by atoms with van der Waals surface area (Å²) in [7, 11) is 0. The third-order valence-corrected chi connectivity index (χ3v) is 4.21. The van der Waals surface area contributed by atoms with E-state index in [9.17, 15) is 15.4 Å². The second-order valence-electron chi connectivity index (χ2n) is 6.81. The lowest BCUT2D eigenvalue weighted by Gasteiger charge is -2.36. The molecular formula is C17H24N4O2. The number of likely N-dealkylation sites (tertiary alicyclic amines) is 1. The van der Waals surface area contributed by atoms with Crippen molar-refractivity contribution in [1.29, 1.82) is 5.26 Å². The van der Waals surface area contributed by atoms with Gasteiger partial charge in [0, 0.05) is 37.8 Å². The summed E-state index contributed by atoms with van der Waals surface area (Å²) in [6, 6.07) is 6.57. The van der Waals surface area contributed by atoms with E-state index in [0.717, 1.165) is 19.6 Å². The SMILES string of the molecule is CC1CC(C)CN(CC(C)Nc2ccc([N+](=O)[O-])cc2C#N)C1. The van der Waals surface area contributed by atoms with Crippen molar-refractivity contribution in [3.63, 3.8) is 0 Å². The molecule has 124 valence electrons. The average Bonchev–Trinajstić information content (AvgIpc) is 2.46. The highest BCUT2D eigenvalue weighted by Gasteiger charge is 2.23. The Bertz CT molecular complexity index is 601. The predicted octanol–water partition coefficient (Wildman–Crippen LogP) is 3.24. The molecule has 2 rings (SSSR count). The summed E-state index contributed by atoms with van der Waals surface area (Å²) >= 11 is 0. The van der Waals surface area contributed by atoms with Crippen molar-refractivity contribution in [2.75, 3.05) is 25.0 Å². The first-order chi connectivity index (χ1) is 10.9. The molecule has 1 saturated heterocycles. The van der Waals surface area contributed by atoms with Crippen LogP contribution in [0.4, 0.5) is 11.4 Å². The zero-order chi connectivity index (χ0) is 17.0. The van der Waals surface area contributed by atoms with Gasteiger partial charge in [-0.3, -0.25) is 10.1 Å². The third-order valence-electron chi connectivity index (χ3n) is 4.21. The van der Waals surface area contributed by atoms with Crippen LogP contribution in [-0.2, 0) is 0 Å². The maximum Gasteiger partial charge on any atom is 0.270 e. The van der Waals surface area contributed by atoms with Gasteiger partial charge in [-0.15, -0.1) is 0 Å². The number of rotatable bonds is 5. The van der Waals surface area contributed by atoms with Gasteiger partial charge in [0.05, 0.1) is 16.2 Å². The minimum Gasteiger partial charge on any atom is -0.380 e. The van der Waals surface area contributed by atoms with E-state index in [1.54, 1.807) is 6.07 Å². The zero-order valence-electron chi connectivity index (χ0n) is 14.0. The van der Waals surface area contributed by atoms with Crippen LogP contribution in [0, 0.1) is 33.3 Å². The summed E-state index contributed by atoms with van der Waals surface area (Å²) in [4.78, 5) is 12.8. The number of nitriles is 1. The van der Waals surface area contributed by atoms with E-state index in [2.05, 4.69) is 31.0 Å². The van der Waals surface area contributed by atoms with Crippen molar-refractivity contribution >= 4 is 11.4 Å². The highest BCUT2D eigenvalue weighted by molar-refractivity contribution is 5.61. The van der Waals surface area contributed by atoms with Crippen LogP contribution in [0.2, 0.25) is 0 Å². The predicted molar refractivity (Wildman–Crippen MR) is 90.3 cm³/mol. The lowest BCUT2D eigenvalue weighted by Crippen LogP contribution is -2.43. The maximum atomic E-state index is 10.8. The first-order valence-corrected chi connectivity index (χ1v) is 8.06. The fraction of sp³-hybridized carbons (Fsp3) is 0.588. The summed E-state index contributed by atoms with van der Waals surface area (Å²) < 4.78 is 0. The van der Waals surface area contributed by atoms with Crippen LogP contribution < -0.4 is 5.32 Å². The molecule has 0 amide bonds. The molecule has 1 aliphatic heterocycles. The number of nitro benzene ring substituents is 1. The molecule has 0 saturated carbocycles. The standard InChI is InChI=1S/C17H24N4O2/c1-12-6-13(2)10-20(9-12)11-14(3)19-17-5-4-16(21(22)23)7-15(17)8-18/h4-5,7,12-14,19H,6,9-11H2,1-3H3. The Kier molecular flexibility index (Phi) is 5.56. The molecule has 3 atom stereocenters. The third kappa shape index (κ3) is 4.67. The number of non-ortho nitro benzene ring substituents is 1. The summed E-state index contributed by atoms with van der Waals surface area (Å²) in [6.45, 7) is 9.74. The van der Waals surface area contributed by atoms with Gasteiger partial charge in [-0.05, 0) is 31.2 Å². The van der Waals surface area contributed by atoms with Crippen molar-refractivity contribution in [3.8, 4) is 6.07 Å². The van der Waals surface area contributed by atoms with Crippen molar-refractivity contribution in [2.45, 2.75) is 33.2 Å². The Balaban J connectivity index is 2.01. The lowest BCUT2D eigenvalue weighted by molar-refractivity contribution is -0.384. The van der Waals surface area contributed by atoms with E-state index in [-0.39, 0.29) is 11.7 Å². The van der Waals surface area contributed by atoms with Crippen molar-refractivity contribution in [1.82, 2.24) is 4.90 Å². The molecular weight excluding hydrogens is 292 g/mol. The maximum absolute atomic E-state index is 10.8. The fourth-order valence-electron chi connectivity index (χ4n) is 3.50. The Morgan fingerprint density at radius 3 is 2.65 bits per heavy atom. The Morgan fingerprint density at radius 2 is 2.09 bits per heavy atom. The Morgan fingerprint density at radius 1 is 1.43 bits per heavy atom. The Hall–Kier alpha value is -2.13. The van der Waals surface area contributed by atoms with E-state index >= 15 is 0 Å².